The lowest BCUT2D eigenvalue weighted by Crippen LogP contribution is -2.34. The molecule has 0 radical (unpaired) electrons. The van der Waals surface area contributed by atoms with Crippen LogP contribution in [0.4, 0.5) is 0 Å². The molecule has 1 N–H and O–H groups in total. The van der Waals surface area contributed by atoms with Gasteiger partial charge in [0.05, 0.1) is 17.2 Å². The third-order valence-corrected chi connectivity index (χ3v) is 3.12. The zero-order valence-corrected chi connectivity index (χ0v) is 11.2. The maximum Gasteiger partial charge on any atom is 0.296 e. The van der Waals surface area contributed by atoms with E-state index in [1.165, 1.54) is 0 Å². The van der Waals surface area contributed by atoms with Crippen LogP contribution in [-0.4, -0.2) is 5.91 Å². The summed E-state index contributed by atoms with van der Waals surface area (Å²) in [6.07, 6.45) is 1.80. The quantitative estimate of drug-likeness (QED) is 0.821. The Hall–Kier alpha value is -2.26. The van der Waals surface area contributed by atoms with Gasteiger partial charge in [0.1, 0.15) is 0 Å². The van der Waals surface area contributed by atoms with E-state index in [2.05, 4.69) is 23.2 Å². The van der Waals surface area contributed by atoms with Gasteiger partial charge in [0.25, 0.3) is 5.91 Å². The first-order valence-corrected chi connectivity index (χ1v) is 6.40. The summed E-state index contributed by atoms with van der Waals surface area (Å²) in [6.45, 7) is 3.90. The normalized spacial score (nSPS) is 15.1. The summed E-state index contributed by atoms with van der Waals surface area (Å²) in [5, 5.41) is 11.9. The third kappa shape index (κ3) is 3.14. The van der Waals surface area contributed by atoms with Gasteiger partial charge in [-0.15, -0.1) is 0 Å². The van der Waals surface area contributed by atoms with Crippen molar-refractivity contribution in [3.8, 4) is 17.9 Å². The number of amides is 1. The summed E-state index contributed by atoms with van der Waals surface area (Å²) in [6, 6.07) is 9.52. The molecule has 1 fully saturated rings. The van der Waals surface area contributed by atoms with Crippen LogP contribution in [0.5, 0.6) is 0 Å². The van der Waals surface area contributed by atoms with Gasteiger partial charge in [-0.05, 0) is 36.5 Å². The number of carbonyl (C=O) groups is 1. The Morgan fingerprint density at radius 1 is 1.42 bits per heavy atom. The van der Waals surface area contributed by atoms with Crippen LogP contribution in [0.2, 0.25) is 0 Å². The molecule has 2 rings (SSSR count). The second kappa shape index (κ2) is 5.16. The number of nitriles is 1. The molecule has 3 nitrogen and oxygen atoms in total. The van der Waals surface area contributed by atoms with Crippen molar-refractivity contribution in [3.63, 3.8) is 0 Å². The highest BCUT2D eigenvalue weighted by atomic mass is 16.1. The smallest absolute Gasteiger partial charge is 0.296 e. The zero-order valence-electron chi connectivity index (χ0n) is 11.2. The zero-order chi connectivity index (χ0) is 13.9. The van der Waals surface area contributed by atoms with Crippen LogP contribution in [-0.2, 0) is 10.3 Å². The monoisotopic (exact) mass is 252 g/mol. The molecule has 1 aromatic carbocycles. The Bertz CT molecular complexity index is 595. The molecule has 0 unspecified atom stereocenters. The van der Waals surface area contributed by atoms with E-state index in [1.807, 2.05) is 32.0 Å². The van der Waals surface area contributed by atoms with Crippen molar-refractivity contribution in [2.75, 3.05) is 0 Å². The summed E-state index contributed by atoms with van der Waals surface area (Å²) >= 11 is 0. The fraction of sp³-hybridized carbons (Fsp3) is 0.375. The number of benzene rings is 1. The molecule has 1 aliphatic rings. The molecular formula is C16H16N2O. The van der Waals surface area contributed by atoms with Crippen LogP contribution in [0.25, 0.3) is 0 Å². The Labute approximate surface area is 113 Å². The summed E-state index contributed by atoms with van der Waals surface area (Å²) < 4.78 is 0. The molecule has 0 saturated heterocycles. The maximum absolute atomic E-state index is 11.8. The van der Waals surface area contributed by atoms with Crippen molar-refractivity contribution in [1.29, 1.82) is 5.26 Å². The average Bonchev–Trinajstić information content (AvgIpc) is 3.17. The summed E-state index contributed by atoms with van der Waals surface area (Å²) in [5.74, 6) is 5.41. The first kappa shape index (κ1) is 13.2. The largest absolute Gasteiger partial charge is 0.336 e. The topological polar surface area (TPSA) is 52.9 Å². The first-order valence-electron chi connectivity index (χ1n) is 6.40. The molecule has 1 saturated carbocycles. The number of hydrogen-bond acceptors (Lipinski definition) is 2. The molecule has 19 heavy (non-hydrogen) atoms. The molecule has 0 heterocycles. The maximum atomic E-state index is 11.8. The van der Waals surface area contributed by atoms with Crippen molar-refractivity contribution in [2.24, 2.45) is 5.92 Å². The van der Waals surface area contributed by atoms with E-state index in [-0.39, 0.29) is 17.4 Å². The Morgan fingerprint density at radius 2 is 2.16 bits per heavy atom. The van der Waals surface area contributed by atoms with Gasteiger partial charge in [-0.3, -0.25) is 4.79 Å². The van der Waals surface area contributed by atoms with Crippen molar-refractivity contribution in [1.82, 2.24) is 5.32 Å². The predicted octanol–water partition coefficient (Wildman–Crippen LogP) is 2.32. The molecule has 0 atom stereocenters. The number of hydrogen-bond donors (Lipinski definition) is 1. The van der Waals surface area contributed by atoms with E-state index < -0.39 is 0 Å². The molecule has 0 aromatic heterocycles. The molecule has 1 aliphatic carbocycles. The molecule has 96 valence electrons. The Kier molecular flexibility index (Phi) is 3.58. The molecule has 0 bridgehead atoms. The second-order valence-electron chi connectivity index (χ2n) is 5.15. The third-order valence-electron chi connectivity index (χ3n) is 3.12. The van der Waals surface area contributed by atoms with Crippen LogP contribution < -0.4 is 5.32 Å². The SMILES string of the molecule is CC(C)C#CC(=O)NC1(c2cccc(C#N)c2)CC1. The number of nitrogens with one attached hydrogen (secondary N) is 1. The van der Waals surface area contributed by atoms with E-state index in [0.29, 0.717) is 5.56 Å². The van der Waals surface area contributed by atoms with Gasteiger partial charge < -0.3 is 5.32 Å². The fourth-order valence-electron chi connectivity index (χ4n) is 1.96. The summed E-state index contributed by atoms with van der Waals surface area (Å²) in [4.78, 5) is 11.8. The Balaban J connectivity index is 2.14. The molecule has 1 aromatic rings. The van der Waals surface area contributed by atoms with Gasteiger partial charge in [0, 0.05) is 5.92 Å². The molecule has 0 spiro atoms. The van der Waals surface area contributed by atoms with E-state index in [9.17, 15) is 4.79 Å². The van der Waals surface area contributed by atoms with Crippen LogP contribution in [0.1, 0.15) is 37.8 Å². The van der Waals surface area contributed by atoms with Crippen LogP contribution >= 0.6 is 0 Å². The van der Waals surface area contributed by atoms with Gasteiger partial charge in [-0.1, -0.05) is 31.9 Å². The minimum Gasteiger partial charge on any atom is -0.336 e. The van der Waals surface area contributed by atoms with Gasteiger partial charge in [-0.2, -0.15) is 5.26 Å². The van der Waals surface area contributed by atoms with Crippen molar-refractivity contribution in [2.45, 2.75) is 32.2 Å². The van der Waals surface area contributed by atoms with Gasteiger partial charge in [-0.25, -0.2) is 0 Å². The van der Waals surface area contributed by atoms with E-state index in [1.54, 1.807) is 6.07 Å². The van der Waals surface area contributed by atoms with Crippen molar-refractivity contribution in [3.05, 3.63) is 35.4 Å². The van der Waals surface area contributed by atoms with E-state index in [0.717, 1.165) is 18.4 Å². The second-order valence-corrected chi connectivity index (χ2v) is 5.15. The number of nitrogens with zero attached hydrogens (tertiary/aromatic N) is 1. The van der Waals surface area contributed by atoms with Gasteiger partial charge in [0.15, 0.2) is 0 Å². The molecule has 1 amide bonds. The van der Waals surface area contributed by atoms with Crippen molar-refractivity contribution < 1.29 is 4.79 Å². The lowest BCUT2D eigenvalue weighted by atomic mass is 10.0. The molecule has 3 heteroatoms. The highest BCUT2D eigenvalue weighted by molar-refractivity contribution is 5.94. The minimum absolute atomic E-state index is 0.183. The number of carbonyl (C=O) groups excluding carboxylic acids is 1. The highest BCUT2D eigenvalue weighted by Crippen LogP contribution is 2.45. The van der Waals surface area contributed by atoms with Gasteiger partial charge >= 0.3 is 0 Å². The fourth-order valence-corrected chi connectivity index (χ4v) is 1.96. The predicted molar refractivity (Wildman–Crippen MR) is 72.8 cm³/mol. The first-order chi connectivity index (χ1) is 9.05. The lowest BCUT2D eigenvalue weighted by molar-refractivity contribution is -0.116. The average molecular weight is 252 g/mol. The van der Waals surface area contributed by atoms with E-state index >= 15 is 0 Å². The Morgan fingerprint density at radius 3 is 2.74 bits per heavy atom. The highest BCUT2D eigenvalue weighted by Gasteiger charge is 2.45. The summed E-state index contributed by atoms with van der Waals surface area (Å²) in [5.41, 5.74) is 1.30. The van der Waals surface area contributed by atoms with E-state index in [4.69, 9.17) is 5.26 Å². The summed E-state index contributed by atoms with van der Waals surface area (Å²) in [7, 11) is 0. The van der Waals surface area contributed by atoms with Crippen molar-refractivity contribution >= 4 is 5.91 Å². The van der Waals surface area contributed by atoms with Gasteiger partial charge in [0.2, 0.25) is 0 Å². The minimum atomic E-state index is -0.310. The van der Waals surface area contributed by atoms with Crippen LogP contribution in [0.3, 0.4) is 0 Å². The molecular weight excluding hydrogens is 236 g/mol. The standard InChI is InChI=1S/C16H16N2O/c1-12(2)6-7-15(19)18-16(8-9-16)14-5-3-4-13(10-14)11-17/h3-5,10,12H,8-9H2,1-2H3,(H,18,19). The number of rotatable bonds is 2. The van der Waals surface area contributed by atoms with Crippen LogP contribution in [0, 0.1) is 29.1 Å². The van der Waals surface area contributed by atoms with Crippen LogP contribution in [0.15, 0.2) is 24.3 Å². The lowest BCUT2D eigenvalue weighted by Gasteiger charge is -2.16. The molecule has 0 aliphatic heterocycles.